The first-order valence-corrected chi connectivity index (χ1v) is 11.3. The van der Waals surface area contributed by atoms with Gasteiger partial charge in [0, 0.05) is 26.4 Å². The first-order chi connectivity index (χ1) is 13.4. The standard InChI is InChI=1S/C21H29N3O3S/c1-4-27-20-8-6-5-7-18(20)14-16-24-21(22-2)23-15-13-17-9-11-19(12-10-17)28(3,25)26/h5-12H,4,13-16H2,1-3H3,(H2,22,23,24). The van der Waals surface area contributed by atoms with Crippen LogP contribution in [0.25, 0.3) is 0 Å². The molecule has 0 fully saturated rings. The van der Waals surface area contributed by atoms with Crippen LogP contribution in [-0.2, 0) is 22.7 Å². The molecule has 2 rings (SSSR count). The van der Waals surface area contributed by atoms with E-state index in [0.29, 0.717) is 18.0 Å². The Kier molecular flexibility index (Phi) is 8.32. The van der Waals surface area contributed by atoms with E-state index < -0.39 is 9.84 Å². The highest BCUT2D eigenvalue weighted by atomic mass is 32.2. The van der Waals surface area contributed by atoms with Gasteiger partial charge in [0.2, 0.25) is 0 Å². The predicted molar refractivity (Wildman–Crippen MR) is 114 cm³/mol. The maximum absolute atomic E-state index is 11.5. The molecule has 0 heterocycles. The van der Waals surface area contributed by atoms with Crippen molar-refractivity contribution in [2.75, 3.05) is 33.0 Å². The molecule has 6 nitrogen and oxygen atoms in total. The van der Waals surface area contributed by atoms with Crippen LogP contribution in [0.4, 0.5) is 0 Å². The van der Waals surface area contributed by atoms with Gasteiger partial charge in [-0.3, -0.25) is 4.99 Å². The van der Waals surface area contributed by atoms with Gasteiger partial charge in [0.1, 0.15) is 5.75 Å². The Hall–Kier alpha value is -2.54. The van der Waals surface area contributed by atoms with E-state index in [0.717, 1.165) is 36.7 Å². The fraction of sp³-hybridized carbons (Fsp3) is 0.381. The summed E-state index contributed by atoms with van der Waals surface area (Å²) in [5.74, 6) is 1.66. The van der Waals surface area contributed by atoms with Crippen LogP contribution in [0.2, 0.25) is 0 Å². The van der Waals surface area contributed by atoms with E-state index in [1.165, 1.54) is 11.8 Å². The Balaban J connectivity index is 1.77. The molecule has 0 radical (unpaired) electrons. The molecule has 0 aliphatic rings. The highest BCUT2D eigenvalue weighted by molar-refractivity contribution is 7.90. The summed E-state index contributed by atoms with van der Waals surface area (Å²) in [7, 11) is -1.41. The molecule has 0 aromatic heterocycles. The van der Waals surface area contributed by atoms with Gasteiger partial charge in [0.25, 0.3) is 0 Å². The Labute approximate surface area is 168 Å². The largest absolute Gasteiger partial charge is 0.494 e. The molecule has 0 spiro atoms. The number of ether oxygens (including phenoxy) is 1. The summed E-state index contributed by atoms with van der Waals surface area (Å²) in [6.45, 7) is 4.08. The Morgan fingerprint density at radius 1 is 1.00 bits per heavy atom. The van der Waals surface area contributed by atoms with Crippen LogP contribution in [0.5, 0.6) is 5.75 Å². The second kappa shape index (κ2) is 10.7. The summed E-state index contributed by atoms with van der Waals surface area (Å²) >= 11 is 0. The van der Waals surface area contributed by atoms with Gasteiger partial charge in [-0.05, 0) is 49.1 Å². The molecule has 0 unspecified atom stereocenters. The smallest absolute Gasteiger partial charge is 0.190 e. The molecular weight excluding hydrogens is 374 g/mol. The quantitative estimate of drug-likeness (QED) is 0.497. The average Bonchev–Trinajstić information content (AvgIpc) is 2.68. The predicted octanol–water partition coefficient (Wildman–Crippen LogP) is 2.44. The van der Waals surface area contributed by atoms with Crippen molar-refractivity contribution >= 4 is 15.8 Å². The van der Waals surface area contributed by atoms with Gasteiger partial charge >= 0.3 is 0 Å². The van der Waals surface area contributed by atoms with Crippen molar-refractivity contribution in [3.8, 4) is 5.75 Å². The number of rotatable bonds is 9. The first-order valence-electron chi connectivity index (χ1n) is 9.38. The number of benzene rings is 2. The van der Waals surface area contributed by atoms with E-state index in [9.17, 15) is 8.42 Å². The summed E-state index contributed by atoms with van der Waals surface area (Å²) in [6.07, 6.45) is 2.83. The molecule has 0 atom stereocenters. The molecule has 2 N–H and O–H groups in total. The molecular formula is C21H29N3O3S. The lowest BCUT2D eigenvalue weighted by molar-refractivity contribution is 0.336. The minimum atomic E-state index is -3.15. The van der Waals surface area contributed by atoms with Crippen LogP contribution < -0.4 is 15.4 Å². The van der Waals surface area contributed by atoms with Crippen LogP contribution in [0, 0.1) is 0 Å². The zero-order valence-corrected chi connectivity index (χ0v) is 17.6. The summed E-state index contributed by atoms with van der Waals surface area (Å²) in [6, 6.07) is 15.0. The Morgan fingerprint density at radius 3 is 2.25 bits per heavy atom. The molecule has 2 aromatic carbocycles. The maximum atomic E-state index is 11.5. The fourth-order valence-electron chi connectivity index (χ4n) is 2.77. The van der Waals surface area contributed by atoms with Crippen LogP contribution in [-0.4, -0.2) is 47.4 Å². The van der Waals surface area contributed by atoms with E-state index in [1.807, 2.05) is 37.3 Å². The van der Waals surface area contributed by atoms with Crippen molar-refractivity contribution in [2.24, 2.45) is 4.99 Å². The van der Waals surface area contributed by atoms with Gasteiger partial charge in [-0.15, -0.1) is 0 Å². The van der Waals surface area contributed by atoms with Gasteiger partial charge in [0.15, 0.2) is 15.8 Å². The minimum absolute atomic E-state index is 0.342. The third kappa shape index (κ3) is 6.88. The minimum Gasteiger partial charge on any atom is -0.494 e. The van der Waals surface area contributed by atoms with Gasteiger partial charge < -0.3 is 15.4 Å². The van der Waals surface area contributed by atoms with Crippen LogP contribution >= 0.6 is 0 Å². The highest BCUT2D eigenvalue weighted by Gasteiger charge is 2.06. The number of aliphatic imine (C=N–C) groups is 1. The average molecular weight is 404 g/mol. The first kappa shape index (κ1) is 21.8. The third-order valence-corrected chi connectivity index (χ3v) is 5.37. The van der Waals surface area contributed by atoms with Crippen molar-refractivity contribution in [1.29, 1.82) is 0 Å². The Bertz CT molecular complexity index is 878. The van der Waals surface area contributed by atoms with E-state index in [-0.39, 0.29) is 0 Å². The topological polar surface area (TPSA) is 79.8 Å². The molecule has 0 saturated heterocycles. The molecule has 0 bridgehead atoms. The number of para-hydroxylation sites is 1. The molecule has 28 heavy (non-hydrogen) atoms. The summed E-state index contributed by atoms with van der Waals surface area (Å²) in [4.78, 5) is 4.58. The van der Waals surface area contributed by atoms with Crippen LogP contribution in [0.3, 0.4) is 0 Å². The summed E-state index contributed by atoms with van der Waals surface area (Å²) in [5, 5.41) is 6.58. The van der Waals surface area contributed by atoms with E-state index in [4.69, 9.17) is 4.74 Å². The maximum Gasteiger partial charge on any atom is 0.190 e. The number of hydrogen-bond acceptors (Lipinski definition) is 4. The number of guanidine groups is 1. The van der Waals surface area contributed by atoms with E-state index in [2.05, 4.69) is 21.7 Å². The van der Waals surface area contributed by atoms with Crippen molar-refractivity contribution in [3.63, 3.8) is 0 Å². The van der Waals surface area contributed by atoms with Crippen molar-refractivity contribution in [3.05, 3.63) is 59.7 Å². The third-order valence-electron chi connectivity index (χ3n) is 4.24. The van der Waals surface area contributed by atoms with E-state index >= 15 is 0 Å². The zero-order chi connectivity index (χ0) is 20.4. The lowest BCUT2D eigenvalue weighted by atomic mass is 10.1. The van der Waals surface area contributed by atoms with Crippen LogP contribution in [0.15, 0.2) is 58.4 Å². The molecule has 152 valence electrons. The number of nitrogens with zero attached hydrogens (tertiary/aromatic N) is 1. The summed E-state index contributed by atoms with van der Waals surface area (Å²) < 4.78 is 28.7. The normalized spacial score (nSPS) is 11.9. The lowest BCUT2D eigenvalue weighted by Crippen LogP contribution is -2.39. The van der Waals surface area contributed by atoms with Crippen molar-refractivity contribution < 1.29 is 13.2 Å². The van der Waals surface area contributed by atoms with Gasteiger partial charge in [-0.1, -0.05) is 30.3 Å². The molecule has 2 aromatic rings. The van der Waals surface area contributed by atoms with Crippen molar-refractivity contribution in [1.82, 2.24) is 10.6 Å². The Morgan fingerprint density at radius 2 is 1.64 bits per heavy atom. The SMILES string of the molecule is CCOc1ccccc1CCNC(=NC)NCCc1ccc(S(C)(=O)=O)cc1. The van der Waals surface area contributed by atoms with Crippen molar-refractivity contribution in [2.45, 2.75) is 24.7 Å². The monoisotopic (exact) mass is 403 g/mol. The summed E-state index contributed by atoms with van der Waals surface area (Å²) in [5.41, 5.74) is 2.24. The van der Waals surface area contributed by atoms with Gasteiger partial charge in [-0.25, -0.2) is 8.42 Å². The second-order valence-electron chi connectivity index (χ2n) is 6.38. The molecule has 0 saturated carbocycles. The molecule has 0 aliphatic carbocycles. The zero-order valence-electron chi connectivity index (χ0n) is 16.7. The molecule has 0 amide bonds. The molecule has 0 aliphatic heterocycles. The van der Waals surface area contributed by atoms with E-state index in [1.54, 1.807) is 19.2 Å². The lowest BCUT2D eigenvalue weighted by Gasteiger charge is -2.13. The fourth-order valence-corrected chi connectivity index (χ4v) is 3.40. The number of sulfone groups is 1. The van der Waals surface area contributed by atoms with Gasteiger partial charge in [-0.2, -0.15) is 0 Å². The second-order valence-corrected chi connectivity index (χ2v) is 8.40. The number of nitrogens with one attached hydrogen (secondary N) is 2. The highest BCUT2D eigenvalue weighted by Crippen LogP contribution is 2.18. The van der Waals surface area contributed by atoms with Gasteiger partial charge in [0.05, 0.1) is 11.5 Å². The van der Waals surface area contributed by atoms with Crippen LogP contribution in [0.1, 0.15) is 18.1 Å². The number of hydrogen-bond donors (Lipinski definition) is 2. The molecule has 7 heteroatoms.